The van der Waals surface area contributed by atoms with E-state index in [1.54, 1.807) is 0 Å². The normalized spacial score (nSPS) is 19.6. The van der Waals surface area contributed by atoms with Crippen LogP contribution < -0.4 is 0 Å². The molecule has 19 heavy (non-hydrogen) atoms. The predicted octanol–water partition coefficient (Wildman–Crippen LogP) is 3.48. The summed E-state index contributed by atoms with van der Waals surface area (Å²) in [6.07, 6.45) is 6.54. The Morgan fingerprint density at radius 1 is 1.16 bits per heavy atom. The molecule has 0 unspecified atom stereocenters. The molecule has 0 aromatic carbocycles. The van der Waals surface area contributed by atoms with Crippen molar-refractivity contribution in [1.29, 1.82) is 0 Å². The zero-order chi connectivity index (χ0) is 14.3. The smallest absolute Gasteiger partial charge is 0.312 e. The third-order valence-corrected chi connectivity index (χ3v) is 4.62. The van der Waals surface area contributed by atoms with E-state index in [2.05, 4.69) is 25.8 Å². The van der Waals surface area contributed by atoms with Crippen molar-refractivity contribution in [1.82, 2.24) is 4.90 Å². The molecule has 112 valence electrons. The highest BCUT2D eigenvalue weighted by Crippen LogP contribution is 2.44. The van der Waals surface area contributed by atoms with Gasteiger partial charge in [-0.25, -0.2) is 0 Å². The molecule has 3 heteroatoms. The number of ether oxygens (including phenoxy) is 1. The number of likely N-dealkylation sites (tertiary alicyclic amines) is 1. The van der Waals surface area contributed by atoms with Gasteiger partial charge in [0.25, 0.3) is 0 Å². The highest BCUT2D eigenvalue weighted by molar-refractivity contribution is 5.77. The second kappa shape index (κ2) is 7.88. The first-order valence-electron chi connectivity index (χ1n) is 7.96. The lowest BCUT2D eigenvalue weighted by atomic mass is 9.65. The zero-order valence-electron chi connectivity index (χ0n) is 13.2. The molecule has 3 nitrogen and oxygen atoms in total. The molecule has 0 radical (unpaired) electrons. The van der Waals surface area contributed by atoms with Crippen molar-refractivity contribution in [2.24, 2.45) is 11.3 Å². The quantitative estimate of drug-likeness (QED) is 0.663. The van der Waals surface area contributed by atoms with Crippen molar-refractivity contribution in [3.05, 3.63) is 0 Å². The Morgan fingerprint density at radius 2 is 1.68 bits per heavy atom. The second-order valence-corrected chi connectivity index (χ2v) is 5.95. The summed E-state index contributed by atoms with van der Waals surface area (Å²) in [5.74, 6) is 0.560. The van der Waals surface area contributed by atoms with E-state index in [4.69, 9.17) is 4.74 Å². The van der Waals surface area contributed by atoms with Crippen molar-refractivity contribution >= 4 is 5.97 Å². The van der Waals surface area contributed by atoms with Gasteiger partial charge in [-0.2, -0.15) is 0 Å². The Morgan fingerprint density at radius 3 is 2.11 bits per heavy atom. The molecule has 1 fully saturated rings. The fourth-order valence-corrected chi connectivity index (χ4v) is 3.47. The number of hydrogen-bond acceptors (Lipinski definition) is 3. The fraction of sp³-hybridized carbons (Fsp3) is 0.938. The molecule has 0 bridgehead atoms. The van der Waals surface area contributed by atoms with Gasteiger partial charge in [0.2, 0.25) is 0 Å². The molecule has 1 saturated heterocycles. The van der Waals surface area contributed by atoms with Crippen LogP contribution in [-0.4, -0.2) is 37.6 Å². The Hall–Kier alpha value is -0.570. The highest BCUT2D eigenvalue weighted by Gasteiger charge is 2.47. The SMILES string of the molecule is CCCC(CCC)C1(C(=O)OCC)CCN(C)CC1. The fourth-order valence-electron chi connectivity index (χ4n) is 3.47. The number of carbonyl (C=O) groups is 1. The van der Waals surface area contributed by atoms with Crippen LogP contribution in [0.3, 0.4) is 0 Å². The van der Waals surface area contributed by atoms with Gasteiger partial charge >= 0.3 is 5.97 Å². The van der Waals surface area contributed by atoms with Crippen LogP contribution in [0.4, 0.5) is 0 Å². The van der Waals surface area contributed by atoms with Gasteiger partial charge in [-0.1, -0.05) is 26.7 Å². The molecule has 1 aliphatic heterocycles. The van der Waals surface area contributed by atoms with Gasteiger partial charge in [0.1, 0.15) is 0 Å². The van der Waals surface area contributed by atoms with Crippen molar-refractivity contribution < 1.29 is 9.53 Å². The largest absolute Gasteiger partial charge is 0.466 e. The average Bonchev–Trinajstić information content (AvgIpc) is 2.40. The summed E-state index contributed by atoms with van der Waals surface area (Å²) in [4.78, 5) is 14.9. The minimum atomic E-state index is -0.214. The maximum absolute atomic E-state index is 12.6. The summed E-state index contributed by atoms with van der Waals surface area (Å²) in [6.45, 7) is 8.88. The standard InChI is InChI=1S/C16H31NO2/c1-5-8-14(9-6-2)16(15(18)19-7-3)10-12-17(4)13-11-16/h14H,5-13H2,1-4H3. The first-order chi connectivity index (χ1) is 9.10. The molecule has 1 aliphatic rings. The van der Waals surface area contributed by atoms with Crippen LogP contribution in [0.5, 0.6) is 0 Å². The number of esters is 1. The maximum Gasteiger partial charge on any atom is 0.312 e. The molecule has 0 aliphatic carbocycles. The van der Waals surface area contributed by atoms with E-state index in [1.807, 2.05) is 6.92 Å². The number of carbonyl (C=O) groups excluding carboxylic acids is 1. The average molecular weight is 269 g/mol. The molecule has 0 amide bonds. The minimum Gasteiger partial charge on any atom is -0.466 e. The van der Waals surface area contributed by atoms with Gasteiger partial charge in [0, 0.05) is 0 Å². The summed E-state index contributed by atoms with van der Waals surface area (Å²) < 4.78 is 5.44. The molecular formula is C16H31NO2. The van der Waals surface area contributed by atoms with Crippen molar-refractivity contribution in [3.63, 3.8) is 0 Å². The maximum atomic E-state index is 12.6. The number of piperidine rings is 1. The molecule has 0 aromatic rings. The van der Waals surface area contributed by atoms with Gasteiger partial charge in [0.15, 0.2) is 0 Å². The Balaban J connectivity index is 2.91. The van der Waals surface area contributed by atoms with E-state index in [0.717, 1.165) is 51.6 Å². The summed E-state index contributed by atoms with van der Waals surface area (Å²) in [5, 5.41) is 0. The predicted molar refractivity (Wildman–Crippen MR) is 79.1 cm³/mol. The summed E-state index contributed by atoms with van der Waals surface area (Å²) in [5.41, 5.74) is -0.214. The molecular weight excluding hydrogens is 238 g/mol. The van der Waals surface area contributed by atoms with Crippen LogP contribution in [0.2, 0.25) is 0 Å². The Bertz CT molecular complexity index is 264. The summed E-state index contributed by atoms with van der Waals surface area (Å²) in [7, 11) is 2.14. The summed E-state index contributed by atoms with van der Waals surface area (Å²) in [6, 6.07) is 0. The monoisotopic (exact) mass is 269 g/mol. The lowest BCUT2D eigenvalue weighted by Gasteiger charge is -2.44. The lowest BCUT2D eigenvalue weighted by Crippen LogP contribution is -2.48. The number of hydrogen-bond donors (Lipinski definition) is 0. The van der Waals surface area contributed by atoms with Crippen LogP contribution in [0.25, 0.3) is 0 Å². The minimum absolute atomic E-state index is 0.0648. The van der Waals surface area contributed by atoms with Crippen LogP contribution in [0.15, 0.2) is 0 Å². The molecule has 1 rings (SSSR count). The Labute approximate surface area is 118 Å². The summed E-state index contributed by atoms with van der Waals surface area (Å²) >= 11 is 0. The molecule has 0 aromatic heterocycles. The van der Waals surface area contributed by atoms with Gasteiger partial charge < -0.3 is 9.64 Å². The molecule has 0 saturated carbocycles. The van der Waals surface area contributed by atoms with Gasteiger partial charge in [-0.05, 0) is 58.7 Å². The Kier molecular flexibility index (Phi) is 6.84. The van der Waals surface area contributed by atoms with Crippen LogP contribution in [0.1, 0.15) is 59.3 Å². The molecule has 0 spiro atoms. The van der Waals surface area contributed by atoms with E-state index < -0.39 is 0 Å². The third-order valence-electron chi connectivity index (χ3n) is 4.62. The van der Waals surface area contributed by atoms with Crippen molar-refractivity contribution in [2.75, 3.05) is 26.7 Å². The van der Waals surface area contributed by atoms with E-state index in [0.29, 0.717) is 12.5 Å². The number of rotatable bonds is 7. The topological polar surface area (TPSA) is 29.5 Å². The van der Waals surface area contributed by atoms with Gasteiger partial charge in [0.05, 0.1) is 12.0 Å². The lowest BCUT2D eigenvalue weighted by molar-refractivity contribution is -0.163. The van der Waals surface area contributed by atoms with Crippen LogP contribution in [-0.2, 0) is 9.53 Å². The molecule has 0 atom stereocenters. The first-order valence-corrected chi connectivity index (χ1v) is 7.96. The number of nitrogens with zero attached hydrogens (tertiary/aromatic N) is 1. The van der Waals surface area contributed by atoms with E-state index >= 15 is 0 Å². The van der Waals surface area contributed by atoms with Crippen molar-refractivity contribution in [3.8, 4) is 0 Å². The van der Waals surface area contributed by atoms with Crippen molar-refractivity contribution in [2.45, 2.75) is 59.3 Å². The van der Waals surface area contributed by atoms with E-state index in [1.165, 1.54) is 0 Å². The zero-order valence-corrected chi connectivity index (χ0v) is 13.2. The van der Waals surface area contributed by atoms with E-state index in [-0.39, 0.29) is 11.4 Å². The molecule has 1 heterocycles. The molecule has 0 N–H and O–H groups in total. The van der Waals surface area contributed by atoms with Gasteiger partial charge in [-0.3, -0.25) is 4.79 Å². The highest BCUT2D eigenvalue weighted by atomic mass is 16.5. The third kappa shape index (κ3) is 3.95. The second-order valence-electron chi connectivity index (χ2n) is 5.95. The van der Waals surface area contributed by atoms with Crippen LogP contribution in [0, 0.1) is 11.3 Å². The van der Waals surface area contributed by atoms with Gasteiger partial charge in [-0.15, -0.1) is 0 Å². The first kappa shape index (κ1) is 16.5. The van der Waals surface area contributed by atoms with E-state index in [9.17, 15) is 4.79 Å². The van der Waals surface area contributed by atoms with Crippen LogP contribution >= 0.6 is 0 Å².